The molecule has 0 saturated carbocycles. The molecule has 0 unspecified atom stereocenters. The van der Waals surface area contributed by atoms with E-state index < -0.39 is 23.8 Å². The van der Waals surface area contributed by atoms with Crippen molar-refractivity contribution < 1.29 is 38.3 Å². The van der Waals surface area contributed by atoms with Gasteiger partial charge in [0, 0.05) is 5.56 Å². The number of carbonyl (C=O) groups is 4. The van der Waals surface area contributed by atoms with Gasteiger partial charge in [-0.15, -0.1) is 0 Å². The largest absolute Gasteiger partial charge is 0.496 e. The van der Waals surface area contributed by atoms with Crippen molar-refractivity contribution in [3.63, 3.8) is 0 Å². The Bertz CT molecular complexity index is 1370. The summed E-state index contributed by atoms with van der Waals surface area (Å²) >= 11 is 0. The number of benzene rings is 2. The van der Waals surface area contributed by atoms with Crippen LogP contribution < -0.4 is 15.4 Å². The molecule has 1 heterocycles. The molecule has 0 fully saturated rings. The Labute approximate surface area is 257 Å². The van der Waals surface area contributed by atoms with Gasteiger partial charge in [0.15, 0.2) is 5.76 Å². The second-order valence-corrected chi connectivity index (χ2v) is 10.3. The van der Waals surface area contributed by atoms with Crippen LogP contribution in [0.4, 0.5) is 0 Å². The van der Waals surface area contributed by atoms with E-state index in [4.69, 9.17) is 14.0 Å². The normalized spacial score (nSPS) is 12.2. The number of nitrogens with one attached hydrogen (secondary N) is 2. The molecule has 0 aliphatic rings. The first-order valence-electron chi connectivity index (χ1n) is 14.8. The van der Waals surface area contributed by atoms with Gasteiger partial charge in [-0.1, -0.05) is 69.9 Å². The molecule has 1 aromatic heterocycles. The average Bonchev–Trinajstić information content (AvgIpc) is 3.54. The van der Waals surface area contributed by atoms with Crippen LogP contribution in [-0.2, 0) is 21.0 Å². The lowest BCUT2D eigenvalue weighted by Crippen LogP contribution is -2.48. The van der Waals surface area contributed by atoms with Crippen LogP contribution >= 0.6 is 0 Å². The second kappa shape index (κ2) is 17.5. The van der Waals surface area contributed by atoms with Crippen molar-refractivity contribution in [1.29, 1.82) is 0 Å². The first kappa shape index (κ1) is 33.9. The maximum absolute atomic E-state index is 13.5. The monoisotopic (exact) mass is 607 g/mol. The SMILES string of the molecule is CCCCC[C@@H](C(=O)NCNC(=O)c1ccc(-c2ccc(OC)c(C(=O)O)c2)o1)[C@@H](CCC)N(C=O)OCc1ccccc1. The topological polar surface area (TPSA) is 147 Å². The molecule has 0 aliphatic carbocycles. The van der Waals surface area contributed by atoms with E-state index in [9.17, 15) is 24.3 Å². The summed E-state index contributed by atoms with van der Waals surface area (Å²) in [6.07, 6.45) is 5.20. The number of carboxylic acid groups (broad SMARTS) is 1. The van der Waals surface area contributed by atoms with Crippen LogP contribution in [0.15, 0.2) is 65.1 Å². The van der Waals surface area contributed by atoms with Gasteiger partial charge in [-0.05, 0) is 48.7 Å². The molecule has 0 spiro atoms. The molecule has 2 atom stereocenters. The Morgan fingerprint density at radius 1 is 0.977 bits per heavy atom. The summed E-state index contributed by atoms with van der Waals surface area (Å²) in [4.78, 5) is 55.8. The number of aromatic carboxylic acids is 1. The highest BCUT2D eigenvalue weighted by molar-refractivity contribution is 5.94. The summed E-state index contributed by atoms with van der Waals surface area (Å²) in [7, 11) is 1.38. The Hall–Kier alpha value is -4.64. The fourth-order valence-electron chi connectivity index (χ4n) is 4.91. The number of ether oxygens (including phenoxy) is 1. The Morgan fingerprint density at radius 3 is 2.41 bits per heavy atom. The van der Waals surface area contributed by atoms with Crippen LogP contribution in [0.25, 0.3) is 11.3 Å². The van der Waals surface area contributed by atoms with Gasteiger partial charge in [0.1, 0.15) is 23.7 Å². The van der Waals surface area contributed by atoms with Gasteiger partial charge in [0.2, 0.25) is 12.3 Å². The number of amides is 3. The summed E-state index contributed by atoms with van der Waals surface area (Å²) in [6.45, 7) is 4.10. The van der Waals surface area contributed by atoms with Crippen molar-refractivity contribution >= 4 is 24.2 Å². The number of carbonyl (C=O) groups excluding carboxylic acids is 3. The molecule has 3 amide bonds. The maximum atomic E-state index is 13.5. The van der Waals surface area contributed by atoms with E-state index in [0.717, 1.165) is 31.2 Å². The van der Waals surface area contributed by atoms with Crippen LogP contribution in [0, 0.1) is 5.92 Å². The summed E-state index contributed by atoms with van der Waals surface area (Å²) < 4.78 is 10.8. The number of hydroxylamine groups is 2. The molecule has 0 radical (unpaired) electrons. The van der Waals surface area contributed by atoms with Gasteiger partial charge in [0.25, 0.3) is 5.91 Å². The van der Waals surface area contributed by atoms with Crippen molar-refractivity contribution in [3.8, 4) is 17.1 Å². The molecule has 3 N–H and O–H groups in total. The Kier molecular flexibility index (Phi) is 13.4. The number of unbranched alkanes of at least 4 members (excludes halogenated alkanes) is 2. The van der Waals surface area contributed by atoms with Crippen molar-refractivity contribution in [1.82, 2.24) is 15.7 Å². The predicted molar refractivity (Wildman–Crippen MR) is 164 cm³/mol. The van der Waals surface area contributed by atoms with Crippen LogP contribution in [0.2, 0.25) is 0 Å². The Morgan fingerprint density at radius 2 is 1.75 bits per heavy atom. The van der Waals surface area contributed by atoms with E-state index in [2.05, 4.69) is 17.6 Å². The summed E-state index contributed by atoms with van der Waals surface area (Å²) in [5.74, 6) is -2.06. The standard InChI is InChI=1S/C33H41N3O8/c1-4-6-8-14-25(27(11-5-2)36(22-37)43-20-23-12-9-7-10-13-23)31(38)34-21-35-32(39)30-18-17-28(44-30)24-15-16-29(42-3)26(19-24)33(40)41/h7,9-10,12-13,15-19,22,25,27H,4-6,8,11,14,20-21H2,1-3H3,(H,34,38)(H,35,39)(H,40,41)/t25-,27-/m1/s1. The molecule has 236 valence electrons. The van der Waals surface area contributed by atoms with Gasteiger partial charge < -0.3 is 24.9 Å². The van der Waals surface area contributed by atoms with E-state index in [1.165, 1.54) is 30.4 Å². The first-order valence-corrected chi connectivity index (χ1v) is 14.8. The fraction of sp³-hybridized carbons (Fsp3) is 0.394. The molecule has 3 aromatic rings. The van der Waals surface area contributed by atoms with Crippen LogP contribution in [0.5, 0.6) is 5.75 Å². The molecular formula is C33H41N3O8. The number of hydrogen-bond acceptors (Lipinski definition) is 7. The molecular weight excluding hydrogens is 566 g/mol. The smallest absolute Gasteiger partial charge is 0.339 e. The van der Waals surface area contributed by atoms with Gasteiger partial charge >= 0.3 is 5.97 Å². The van der Waals surface area contributed by atoms with Gasteiger partial charge in [-0.25, -0.2) is 9.86 Å². The zero-order chi connectivity index (χ0) is 31.9. The molecule has 11 heteroatoms. The number of rotatable bonds is 19. The van der Waals surface area contributed by atoms with E-state index >= 15 is 0 Å². The molecule has 3 rings (SSSR count). The summed E-state index contributed by atoms with van der Waals surface area (Å²) in [6, 6.07) is 16.6. The van der Waals surface area contributed by atoms with Crippen molar-refractivity contribution in [2.45, 2.75) is 65.0 Å². The van der Waals surface area contributed by atoms with Crippen LogP contribution in [0.1, 0.15) is 78.8 Å². The van der Waals surface area contributed by atoms with Crippen molar-refractivity contribution in [2.75, 3.05) is 13.8 Å². The predicted octanol–water partition coefficient (Wildman–Crippen LogP) is 5.41. The van der Waals surface area contributed by atoms with Crippen molar-refractivity contribution in [2.24, 2.45) is 5.92 Å². The average molecular weight is 608 g/mol. The highest BCUT2D eigenvalue weighted by Gasteiger charge is 2.32. The first-order chi connectivity index (χ1) is 21.3. The highest BCUT2D eigenvalue weighted by atomic mass is 16.7. The van der Waals surface area contributed by atoms with E-state index in [1.54, 1.807) is 12.1 Å². The van der Waals surface area contributed by atoms with E-state index in [-0.39, 0.29) is 36.3 Å². The minimum absolute atomic E-state index is 0.00765. The van der Waals surface area contributed by atoms with Crippen LogP contribution in [0.3, 0.4) is 0 Å². The molecule has 44 heavy (non-hydrogen) atoms. The third-order valence-electron chi connectivity index (χ3n) is 7.21. The number of nitrogens with zero attached hydrogens (tertiary/aromatic N) is 1. The molecule has 2 aromatic carbocycles. The number of hydrogen-bond donors (Lipinski definition) is 3. The third kappa shape index (κ3) is 9.43. The molecule has 11 nitrogen and oxygen atoms in total. The zero-order valence-corrected chi connectivity index (χ0v) is 25.4. The fourth-order valence-corrected chi connectivity index (χ4v) is 4.91. The third-order valence-corrected chi connectivity index (χ3v) is 7.21. The van der Waals surface area contributed by atoms with E-state index in [0.29, 0.717) is 30.6 Å². The van der Waals surface area contributed by atoms with Gasteiger partial charge in [-0.3, -0.25) is 19.2 Å². The lowest BCUT2D eigenvalue weighted by atomic mass is 9.89. The highest BCUT2D eigenvalue weighted by Crippen LogP contribution is 2.28. The van der Waals surface area contributed by atoms with Gasteiger partial charge in [-0.2, -0.15) is 0 Å². The zero-order valence-electron chi connectivity index (χ0n) is 25.4. The number of furan rings is 1. The maximum Gasteiger partial charge on any atom is 0.339 e. The van der Waals surface area contributed by atoms with Gasteiger partial charge in [0.05, 0.1) is 25.7 Å². The lowest BCUT2D eigenvalue weighted by molar-refractivity contribution is -0.201. The molecule has 0 saturated heterocycles. The number of carboxylic acids is 1. The molecule has 0 bridgehead atoms. The number of methoxy groups -OCH3 is 1. The molecule has 0 aliphatic heterocycles. The summed E-state index contributed by atoms with van der Waals surface area (Å²) in [5, 5.41) is 16.1. The second-order valence-electron chi connectivity index (χ2n) is 10.3. The lowest BCUT2D eigenvalue weighted by Gasteiger charge is -2.33. The Balaban J connectivity index is 1.66. The summed E-state index contributed by atoms with van der Waals surface area (Å²) in [5.41, 5.74) is 1.32. The minimum Gasteiger partial charge on any atom is -0.496 e. The van der Waals surface area contributed by atoms with E-state index in [1.807, 2.05) is 37.3 Å². The van der Waals surface area contributed by atoms with Crippen LogP contribution in [-0.4, -0.2) is 54.2 Å². The van der Waals surface area contributed by atoms with Crippen molar-refractivity contribution in [3.05, 3.63) is 77.6 Å². The minimum atomic E-state index is -1.16. The quantitative estimate of drug-likeness (QED) is 0.0709.